The molecule has 2 amide bonds. The molecule has 2 N–H and O–H groups in total. The topological polar surface area (TPSA) is 85.9 Å². The molecule has 0 atom stereocenters. The van der Waals surface area contributed by atoms with Gasteiger partial charge in [-0.15, -0.1) is 0 Å². The van der Waals surface area contributed by atoms with Gasteiger partial charge in [-0.3, -0.25) is 9.59 Å². The summed E-state index contributed by atoms with van der Waals surface area (Å²) in [5.41, 5.74) is 1.47. The first-order valence-corrected chi connectivity index (χ1v) is 7.47. The van der Waals surface area contributed by atoms with Gasteiger partial charge in [0.25, 0.3) is 5.91 Å². The molecule has 0 saturated carbocycles. The maximum atomic E-state index is 12.7. The van der Waals surface area contributed by atoms with Crippen molar-refractivity contribution >= 4 is 23.2 Å². The van der Waals surface area contributed by atoms with E-state index >= 15 is 0 Å². The van der Waals surface area contributed by atoms with Crippen molar-refractivity contribution in [2.75, 3.05) is 32.0 Å². The Kier molecular flexibility index (Phi) is 5.84. The summed E-state index contributed by atoms with van der Waals surface area (Å²) in [6, 6.07) is 9.98. The molecule has 25 heavy (non-hydrogen) atoms. The normalized spacial score (nSPS) is 9.92. The monoisotopic (exact) mass is 344 g/mol. The van der Waals surface area contributed by atoms with E-state index in [-0.39, 0.29) is 17.4 Å². The molecule has 0 heterocycles. The molecule has 2 aromatic rings. The minimum absolute atomic E-state index is 0.163. The average molecular weight is 344 g/mol. The Bertz CT molecular complexity index is 747. The Morgan fingerprint density at radius 2 is 1.28 bits per heavy atom. The third kappa shape index (κ3) is 4.41. The van der Waals surface area contributed by atoms with Crippen molar-refractivity contribution in [3.63, 3.8) is 0 Å². The van der Waals surface area contributed by atoms with Crippen molar-refractivity contribution in [3.8, 4) is 17.2 Å². The quantitative estimate of drug-likeness (QED) is 0.841. The number of hydrogen-bond donors (Lipinski definition) is 2. The van der Waals surface area contributed by atoms with Gasteiger partial charge in [0.1, 0.15) is 22.8 Å². The van der Waals surface area contributed by atoms with Crippen LogP contribution in [0.2, 0.25) is 0 Å². The van der Waals surface area contributed by atoms with Gasteiger partial charge < -0.3 is 24.8 Å². The number of carbonyl (C=O) groups is 2. The molecule has 0 radical (unpaired) electrons. The maximum Gasteiger partial charge on any atom is 0.263 e. The van der Waals surface area contributed by atoms with E-state index in [9.17, 15) is 9.59 Å². The number of amides is 2. The molecule has 7 nitrogen and oxygen atoms in total. The van der Waals surface area contributed by atoms with Gasteiger partial charge in [0.15, 0.2) is 0 Å². The summed E-state index contributed by atoms with van der Waals surface area (Å²) in [7, 11) is 4.45. The van der Waals surface area contributed by atoms with Gasteiger partial charge >= 0.3 is 0 Å². The summed E-state index contributed by atoms with van der Waals surface area (Å²) in [5, 5.41) is 5.43. The average Bonchev–Trinajstić information content (AvgIpc) is 2.61. The lowest BCUT2D eigenvalue weighted by Gasteiger charge is -2.15. The first kappa shape index (κ1) is 18.1. The molecule has 0 unspecified atom stereocenters. The second kappa shape index (κ2) is 8.05. The van der Waals surface area contributed by atoms with Crippen LogP contribution in [0.4, 0.5) is 11.4 Å². The van der Waals surface area contributed by atoms with E-state index in [1.807, 2.05) is 0 Å². The minimum Gasteiger partial charge on any atom is -0.496 e. The highest BCUT2D eigenvalue weighted by Crippen LogP contribution is 2.34. The van der Waals surface area contributed by atoms with Crippen molar-refractivity contribution in [1.82, 2.24) is 0 Å². The molecular formula is C18H20N2O5. The first-order valence-electron chi connectivity index (χ1n) is 7.47. The van der Waals surface area contributed by atoms with Crippen molar-refractivity contribution in [2.24, 2.45) is 0 Å². The van der Waals surface area contributed by atoms with Crippen molar-refractivity contribution < 1.29 is 23.8 Å². The van der Waals surface area contributed by atoms with Crippen LogP contribution >= 0.6 is 0 Å². The van der Waals surface area contributed by atoms with Gasteiger partial charge in [-0.2, -0.15) is 0 Å². The molecule has 0 aromatic heterocycles. The van der Waals surface area contributed by atoms with Crippen LogP contribution in [0.15, 0.2) is 36.4 Å². The summed E-state index contributed by atoms with van der Waals surface area (Å²) >= 11 is 0. The molecule has 0 aliphatic carbocycles. The molecule has 2 aromatic carbocycles. The molecule has 0 saturated heterocycles. The van der Waals surface area contributed by atoms with Crippen LogP contribution in [-0.4, -0.2) is 33.1 Å². The minimum atomic E-state index is -0.386. The van der Waals surface area contributed by atoms with Crippen LogP contribution in [-0.2, 0) is 4.79 Å². The standard InChI is InChI=1S/C18H20N2O5/c1-11(21)19-12-5-7-13(8-6-12)20-18(22)17-15(24-3)9-14(23-2)10-16(17)25-4/h5-10H,1-4H3,(H,19,21)(H,20,22). The number of hydrogen-bond acceptors (Lipinski definition) is 5. The zero-order chi connectivity index (χ0) is 18.4. The van der Waals surface area contributed by atoms with Gasteiger partial charge in [0.05, 0.1) is 21.3 Å². The van der Waals surface area contributed by atoms with Crippen LogP contribution in [0.1, 0.15) is 17.3 Å². The van der Waals surface area contributed by atoms with E-state index < -0.39 is 0 Å². The van der Waals surface area contributed by atoms with Crippen LogP contribution < -0.4 is 24.8 Å². The number of rotatable bonds is 6. The fourth-order valence-electron chi connectivity index (χ4n) is 2.26. The lowest BCUT2D eigenvalue weighted by Crippen LogP contribution is -2.15. The molecule has 0 aliphatic heterocycles. The molecule has 0 bridgehead atoms. The molecular weight excluding hydrogens is 324 g/mol. The zero-order valence-electron chi connectivity index (χ0n) is 14.5. The molecule has 7 heteroatoms. The lowest BCUT2D eigenvalue weighted by atomic mass is 10.1. The number of methoxy groups -OCH3 is 3. The van der Waals surface area contributed by atoms with E-state index in [0.717, 1.165) is 0 Å². The molecule has 0 aliphatic rings. The van der Waals surface area contributed by atoms with Crippen LogP contribution in [0.3, 0.4) is 0 Å². The Morgan fingerprint density at radius 1 is 0.800 bits per heavy atom. The number of benzene rings is 2. The molecule has 0 spiro atoms. The Morgan fingerprint density at radius 3 is 1.68 bits per heavy atom. The van der Waals surface area contributed by atoms with Gasteiger partial charge in [-0.05, 0) is 24.3 Å². The van der Waals surface area contributed by atoms with E-state index in [2.05, 4.69) is 10.6 Å². The highest BCUT2D eigenvalue weighted by molar-refractivity contribution is 6.08. The predicted octanol–water partition coefficient (Wildman–Crippen LogP) is 2.92. The SMILES string of the molecule is COc1cc(OC)c(C(=O)Nc2ccc(NC(C)=O)cc2)c(OC)c1. The highest BCUT2D eigenvalue weighted by Gasteiger charge is 2.20. The summed E-state index contributed by atoms with van der Waals surface area (Å²) in [4.78, 5) is 23.7. The van der Waals surface area contributed by atoms with Crippen molar-refractivity contribution in [2.45, 2.75) is 6.92 Å². The lowest BCUT2D eigenvalue weighted by molar-refractivity contribution is -0.114. The third-order valence-corrected chi connectivity index (χ3v) is 3.41. The summed E-state index contributed by atoms with van der Waals surface area (Å²) in [5.74, 6) is 0.644. The van der Waals surface area contributed by atoms with E-state index in [4.69, 9.17) is 14.2 Å². The van der Waals surface area contributed by atoms with Gasteiger partial charge in [0.2, 0.25) is 5.91 Å². The summed E-state index contributed by atoms with van der Waals surface area (Å²) < 4.78 is 15.7. The van der Waals surface area contributed by atoms with E-state index in [0.29, 0.717) is 28.6 Å². The van der Waals surface area contributed by atoms with E-state index in [1.54, 1.807) is 36.4 Å². The van der Waals surface area contributed by atoms with Crippen molar-refractivity contribution in [1.29, 1.82) is 0 Å². The number of ether oxygens (including phenoxy) is 3. The van der Waals surface area contributed by atoms with Gasteiger partial charge in [0, 0.05) is 30.4 Å². The third-order valence-electron chi connectivity index (χ3n) is 3.41. The number of nitrogens with one attached hydrogen (secondary N) is 2. The second-order valence-corrected chi connectivity index (χ2v) is 5.12. The summed E-state index contributed by atoms with van der Waals surface area (Å²) in [6.07, 6.45) is 0. The fourth-order valence-corrected chi connectivity index (χ4v) is 2.26. The number of anilines is 2. The van der Waals surface area contributed by atoms with Crippen LogP contribution in [0.25, 0.3) is 0 Å². The predicted molar refractivity (Wildman–Crippen MR) is 94.8 cm³/mol. The number of carbonyl (C=O) groups excluding carboxylic acids is 2. The Hall–Kier alpha value is -3.22. The van der Waals surface area contributed by atoms with Crippen LogP contribution in [0.5, 0.6) is 17.2 Å². The smallest absolute Gasteiger partial charge is 0.263 e. The Labute approximate surface area is 145 Å². The van der Waals surface area contributed by atoms with Gasteiger partial charge in [-0.1, -0.05) is 0 Å². The largest absolute Gasteiger partial charge is 0.496 e. The molecule has 132 valence electrons. The summed E-state index contributed by atoms with van der Waals surface area (Å²) in [6.45, 7) is 1.43. The molecule has 0 fully saturated rings. The Balaban J connectivity index is 2.27. The van der Waals surface area contributed by atoms with Crippen LogP contribution in [0, 0.1) is 0 Å². The maximum absolute atomic E-state index is 12.7. The first-order chi connectivity index (χ1) is 12.0. The fraction of sp³-hybridized carbons (Fsp3) is 0.222. The van der Waals surface area contributed by atoms with Gasteiger partial charge in [-0.25, -0.2) is 0 Å². The van der Waals surface area contributed by atoms with E-state index in [1.165, 1.54) is 28.3 Å². The molecule has 2 rings (SSSR count). The van der Waals surface area contributed by atoms with Crippen molar-refractivity contribution in [3.05, 3.63) is 42.0 Å². The second-order valence-electron chi connectivity index (χ2n) is 5.12. The highest BCUT2D eigenvalue weighted by atomic mass is 16.5. The zero-order valence-corrected chi connectivity index (χ0v) is 14.5.